The predicted octanol–water partition coefficient (Wildman–Crippen LogP) is 4.94. The first kappa shape index (κ1) is 17.5. The zero-order valence-electron chi connectivity index (χ0n) is 13.8. The molecule has 27 heavy (non-hydrogen) atoms. The smallest absolute Gasteiger partial charge is 0.282 e. The summed E-state index contributed by atoms with van der Waals surface area (Å²) < 4.78 is 13.5. The predicted molar refractivity (Wildman–Crippen MR) is 105 cm³/mol. The van der Waals surface area contributed by atoms with Gasteiger partial charge < -0.3 is 5.32 Å². The number of carbonyl (C=O) groups is 2. The van der Waals surface area contributed by atoms with Gasteiger partial charge in [0, 0.05) is 15.6 Å². The molecule has 3 aromatic rings. The number of thiophene rings is 1. The number of halogens is 2. The van der Waals surface area contributed by atoms with Crippen LogP contribution in [-0.2, 0) is 9.59 Å². The van der Waals surface area contributed by atoms with Crippen molar-refractivity contribution in [3.8, 4) is 0 Å². The number of benzene rings is 2. The molecule has 0 bridgehead atoms. The summed E-state index contributed by atoms with van der Waals surface area (Å²) in [6.07, 6.45) is 0. The molecule has 2 heterocycles. The Bertz CT molecular complexity index is 1080. The largest absolute Gasteiger partial charge is 0.350 e. The Hall–Kier alpha value is -2.96. The van der Waals surface area contributed by atoms with Crippen LogP contribution in [0.2, 0.25) is 5.02 Å². The van der Waals surface area contributed by atoms with Crippen LogP contribution in [0.1, 0.15) is 4.88 Å². The summed E-state index contributed by atoms with van der Waals surface area (Å²) in [5.41, 5.74) is 1.11. The van der Waals surface area contributed by atoms with Crippen LogP contribution >= 0.6 is 22.9 Å². The zero-order valence-corrected chi connectivity index (χ0v) is 15.4. The van der Waals surface area contributed by atoms with E-state index in [2.05, 4.69) is 5.32 Å². The number of imide groups is 1. The van der Waals surface area contributed by atoms with E-state index in [1.165, 1.54) is 29.5 Å². The van der Waals surface area contributed by atoms with Crippen LogP contribution < -0.4 is 10.2 Å². The van der Waals surface area contributed by atoms with Crippen LogP contribution in [0.25, 0.3) is 5.57 Å². The highest BCUT2D eigenvalue weighted by Gasteiger charge is 2.40. The monoisotopic (exact) mass is 398 g/mol. The second-order valence-corrected chi connectivity index (χ2v) is 7.17. The van der Waals surface area contributed by atoms with Crippen molar-refractivity contribution >= 4 is 51.7 Å². The molecular weight excluding hydrogens is 387 g/mol. The van der Waals surface area contributed by atoms with Crippen LogP contribution in [0.3, 0.4) is 0 Å². The molecule has 4 rings (SSSR count). The van der Waals surface area contributed by atoms with Gasteiger partial charge in [0.15, 0.2) is 0 Å². The second kappa shape index (κ2) is 6.98. The van der Waals surface area contributed by atoms with Crippen LogP contribution in [0, 0.1) is 5.82 Å². The lowest BCUT2D eigenvalue weighted by Gasteiger charge is -2.15. The molecule has 7 heteroatoms. The van der Waals surface area contributed by atoms with Crippen molar-refractivity contribution in [2.45, 2.75) is 0 Å². The lowest BCUT2D eigenvalue weighted by atomic mass is 10.2. The van der Waals surface area contributed by atoms with Crippen LogP contribution in [0.5, 0.6) is 0 Å². The lowest BCUT2D eigenvalue weighted by molar-refractivity contribution is -0.120. The van der Waals surface area contributed by atoms with Crippen molar-refractivity contribution in [1.82, 2.24) is 0 Å². The van der Waals surface area contributed by atoms with E-state index in [-0.39, 0.29) is 11.3 Å². The summed E-state index contributed by atoms with van der Waals surface area (Å²) >= 11 is 7.37. The number of amides is 2. The summed E-state index contributed by atoms with van der Waals surface area (Å²) in [6.45, 7) is 0. The Morgan fingerprint density at radius 3 is 2.48 bits per heavy atom. The molecule has 0 radical (unpaired) electrons. The normalized spacial score (nSPS) is 14.2. The van der Waals surface area contributed by atoms with E-state index >= 15 is 0 Å². The van der Waals surface area contributed by atoms with Crippen molar-refractivity contribution in [1.29, 1.82) is 0 Å². The van der Waals surface area contributed by atoms with Gasteiger partial charge in [0.1, 0.15) is 11.5 Å². The van der Waals surface area contributed by atoms with E-state index in [1.54, 1.807) is 42.5 Å². The van der Waals surface area contributed by atoms with Crippen LogP contribution in [-0.4, -0.2) is 11.8 Å². The minimum Gasteiger partial charge on any atom is -0.350 e. The number of nitrogens with one attached hydrogen (secondary N) is 1. The molecular formula is C20H12ClFN2O2S. The lowest BCUT2D eigenvalue weighted by Crippen LogP contribution is -2.32. The summed E-state index contributed by atoms with van der Waals surface area (Å²) in [7, 11) is 0. The number of nitrogens with zero attached hydrogens (tertiary/aromatic N) is 1. The molecule has 0 saturated carbocycles. The highest BCUT2D eigenvalue weighted by atomic mass is 35.5. The topological polar surface area (TPSA) is 49.4 Å². The SMILES string of the molecule is O=C1C(Nc2cccc(F)c2)=C(c2cccs2)C(=O)N1c1cccc(Cl)c1. The fraction of sp³-hybridized carbons (Fsp3) is 0. The van der Waals surface area contributed by atoms with Crippen molar-refractivity contribution < 1.29 is 14.0 Å². The molecule has 1 aromatic heterocycles. The molecule has 1 N–H and O–H groups in total. The minimum absolute atomic E-state index is 0.105. The van der Waals surface area contributed by atoms with Gasteiger partial charge in [-0.2, -0.15) is 0 Å². The first-order chi connectivity index (χ1) is 13.0. The summed E-state index contributed by atoms with van der Waals surface area (Å²) in [5, 5.41) is 5.15. The zero-order chi connectivity index (χ0) is 19.0. The van der Waals surface area contributed by atoms with E-state index in [9.17, 15) is 14.0 Å². The first-order valence-electron chi connectivity index (χ1n) is 7.99. The van der Waals surface area contributed by atoms with E-state index in [4.69, 9.17) is 11.6 Å². The standard InChI is InChI=1S/C20H12ClFN2O2S/c21-12-4-1-7-15(10-12)24-19(25)17(16-8-3-9-27-16)18(20(24)26)23-14-6-2-5-13(22)11-14/h1-11,23H. The molecule has 0 saturated heterocycles. The van der Waals surface area contributed by atoms with E-state index in [0.29, 0.717) is 21.3 Å². The number of rotatable bonds is 4. The maximum Gasteiger partial charge on any atom is 0.282 e. The third-order valence-corrected chi connectivity index (χ3v) is 5.13. The molecule has 2 amide bonds. The van der Waals surface area contributed by atoms with Gasteiger partial charge in [-0.1, -0.05) is 29.8 Å². The Kier molecular flexibility index (Phi) is 4.51. The van der Waals surface area contributed by atoms with Crippen LogP contribution in [0.15, 0.2) is 71.7 Å². The molecule has 0 unspecified atom stereocenters. The van der Waals surface area contributed by atoms with Crippen molar-refractivity contribution in [3.05, 3.63) is 87.5 Å². The van der Waals surface area contributed by atoms with E-state index < -0.39 is 17.6 Å². The van der Waals surface area contributed by atoms with Crippen molar-refractivity contribution in [2.75, 3.05) is 10.2 Å². The van der Waals surface area contributed by atoms with Gasteiger partial charge >= 0.3 is 0 Å². The van der Waals surface area contributed by atoms with Gasteiger partial charge in [0.05, 0.1) is 11.3 Å². The molecule has 0 fully saturated rings. The third-order valence-electron chi connectivity index (χ3n) is 4.01. The van der Waals surface area contributed by atoms with Gasteiger partial charge in [-0.25, -0.2) is 9.29 Å². The molecule has 4 nitrogen and oxygen atoms in total. The molecule has 0 atom stereocenters. The quantitative estimate of drug-likeness (QED) is 0.633. The Labute approximate surface area is 163 Å². The second-order valence-electron chi connectivity index (χ2n) is 5.79. The number of hydrogen-bond acceptors (Lipinski definition) is 4. The number of hydrogen-bond donors (Lipinski definition) is 1. The van der Waals surface area contributed by atoms with E-state index in [0.717, 1.165) is 4.90 Å². The fourth-order valence-electron chi connectivity index (χ4n) is 2.86. The highest BCUT2D eigenvalue weighted by molar-refractivity contribution is 7.11. The maximum absolute atomic E-state index is 13.5. The Morgan fingerprint density at radius 2 is 1.78 bits per heavy atom. The van der Waals surface area contributed by atoms with E-state index in [1.807, 2.05) is 5.38 Å². The average molecular weight is 399 g/mol. The molecule has 1 aliphatic heterocycles. The average Bonchev–Trinajstić information content (AvgIpc) is 3.22. The van der Waals surface area contributed by atoms with Gasteiger partial charge in [0.25, 0.3) is 11.8 Å². The molecule has 134 valence electrons. The Balaban J connectivity index is 1.81. The van der Waals surface area contributed by atoms with Crippen LogP contribution in [0.4, 0.5) is 15.8 Å². The molecule has 2 aromatic carbocycles. The highest BCUT2D eigenvalue weighted by Crippen LogP contribution is 2.36. The fourth-order valence-corrected chi connectivity index (χ4v) is 3.81. The third kappa shape index (κ3) is 3.25. The van der Waals surface area contributed by atoms with Gasteiger partial charge in [-0.15, -0.1) is 11.3 Å². The van der Waals surface area contributed by atoms with Crippen molar-refractivity contribution in [2.24, 2.45) is 0 Å². The summed E-state index contributed by atoms with van der Waals surface area (Å²) in [4.78, 5) is 27.9. The molecule has 1 aliphatic rings. The van der Waals surface area contributed by atoms with Gasteiger partial charge in [-0.05, 0) is 47.8 Å². The molecule has 0 aliphatic carbocycles. The molecule has 0 spiro atoms. The minimum atomic E-state index is -0.519. The number of anilines is 2. The Morgan fingerprint density at radius 1 is 0.963 bits per heavy atom. The summed E-state index contributed by atoms with van der Waals surface area (Å²) in [6, 6.07) is 15.8. The summed E-state index contributed by atoms with van der Waals surface area (Å²) in [5.74, 6) is -1.42. The van der Waals surface area contributed by atoms with Gasteiger partial charge in [0.2, 0.25) is 0 Å². The van der Waals surface area contributed by atoms with Gasteiger partial charge in [-0.3, -0.25) is 9.59 Å². The maximum atomic E-state index is 13.5. The van der Waals surface area contributed by atoms with Crippen molar-refractivity contribution in [3.63, 3.8) is 0 Å². The number of carbonyl (C=O) groups excluding carboxylic acids is 2. The first-order valence-corrected chi connectivity index (χ1v) is 9.25.